The van der Waals surface area contributed by atoms with Crippen LogP contribution in [0.1, 0.15) is 32.6 Å². The third-order valence-corrected chi connectivity index (χ3v) is 3.06. The van der Waals surface area contributed by atoms with Crippen LogP contribution in [0, 0.1) is 0 Å². The van der Waals surface area contributed by atoms with Gasteiger partial charge < -0.3 is 10.6 Å². The van der Waals surface area contributed by atoms with E-state index in [2.05, 4.69) is 35.8 Å². The Balaban J connectivity index is 1.84. The highest BCUT2D eigenvalue weighted by Crippen LogP contribution is 2.17. The topological polar surface area (TPSA) is 24.1 Å². The van der Waals surface area contributed by atoms with Crippen molar-refractivity contribution in [1.82, 2.24) is 10.6 Å². The fraction of sp³-hybridized carbons (Fsp3) is 0.667. The summed E-state index contributed by atoms with van der Waals surface area (Å²) in [7, 11) is 0. The second-order valence-corrected chi connectivity index (χ2v) is 4.40. The molecular weight excluding hydrogens is 172 g/mol. The Labute approximate surface area is 86.5 Å². The average Bonchev–Trinajstić information content (AvgIpc) is 2.19. The summed E-state index contributed by atoms with van der Waals surface area (Å²) in [4.78, 5) is 0. The van der Waals surface area contributed by atoms with E-state index in [0.717, 1.165) is 13.0 Å². The van der Waals surface area contributed by atoms with Gasteiger partial charge in [0.1, 0.15) is 0 Å². The average molecular weight is 192 g/mol. The summed E-state index contributed by atoms with van der Waals surface area (Å²) in [6.45, 7) is 3.28. The molecule has 0 aromatic rings. The molecule has 2 aliphatic heterocycles. The maximum absolute atomic E-state index is 3.66. The van der Waals surface area contributed by atoms with E-state index in [4.69, 9.17) is 0 Å². The number of hydrogen-bond acceptors (Lipinski definition) is 2. The highest BCUT2D eigenvalue weighted by atomic mass is 15.0. The van der Waals surface area contributed by atoms with Crippen LogP contribution in [0.3, 0.4) is 0 Å². The van der Waals surface area contributed by atoms with E-state index >= 15 is 0 Å². The lowest BCUT2D eigenvalue weighted by Gasteiger charge is -2.30. The van der Waals surface area contributed by atoms with Crippen molar-refractivity contribution >= 4 is 0 Å². The molecule has 0 amide bonds. The zero-order valence-corrected chi connectivity index (χ0v) is 8.92. The summed E-state index contributed by atoms with van der Waals surface area (Å²) < 4.78 is 0. The van der Waals surface area contributed by atoms with Gasteiger partial charge in [-0.25, -0.2) is 0 Å². The Morgan fingerprint density at radius 3 is 3.07 bits per heavy atom. The largest absolute Gasteiger partial charge is 0.385 e. The minimum absolute atomic E-state index is 0.684. The lowest BCUT2D eigenvalue weighted by atomic mass is 9.96. The predicted octanol–water partition coefficient (Wildman–Crippen LogP) is 1.95. The number of rotatable bonds is 2. The fourth-order valence-electron chi connectivity index (χ4n) is 2.31. The van der Waals surface area contributed by atoms with E-state index < -0.39 is 0 Å². The third kappa shape index (κ3) is 2.61. The van der Waals surface area contributed by atoms with Gasteiger partial charge in [0.25, 0.3) is 0 Å². The van der Waals surface area contributed by atoms with Gasteiger partial charge in [0.05, 0.1) is 0 Å². The first-order chi connectivity index (χ1) is 6.84. The highest BCUT2D eigenvalue weighted by Gasteiger charge is 2.18. The zero-order chi connectivity index (χ0) is 9.80. The van der Waals surface area contributed by atoms with E-state index in [0.29, 0.717) is 12.1 Å². The molecule has 1 fully saturated rings. The summed E-state index contributed by atoms with van der Waals surface area (Å²) in [5.74, 6) is 0. The second-order valence-electron chi connectivity index (χ2n) is 4.40. The summed E-state index contributed by atoms with van der Waals surface area (Å²) >= 11 is 0. The van der Waals surface area contributed by atoms with Crippen LogP contribution in [0.15, 0.2) is 23.9 Å². The molecule has 2 heteroatoms. The van der Waals surface area contributed by atoms with E-state index in [-0.39, 0.29) is 0 Å². The normalized spacial score (nSPS) is 32.2. The first-order valence-corrected chi connectivity index (χ1v) is 5.70. The maximum atomic E-state index is 3.66. The highest BCUT2D eigenvalue weighted by molar-refractivity contribution is 5.17. The Morgan fingerprint density at radius 2 is 2.36 bits per heavy atom. The molecule has 0 saturated carbocycles. The van der Waals surface area contributed by atoms with Crippen molar-refractivity contribution in [3.63, 3.8) is 0 Å². The maximum Gasteiger partial charge on any atom is 0.0330 e. The van der Waals surface area contributed by atoms with Crippen molar-refractivity contribution in [1.29, 1.82) is 0 Å². The molecule has 0 radical (unpaired) electrons. The SMILES string of the molecule is CC1CCCC(CC2=CC=CCN2)N1. The van der Waals surface area contributed by atoms with Gasteiger partial charge in [-0.3, -0.25) is 0 Å². The number of piperidine rings is 1. The number of dihydropyridines is 1. The summed E-state index contributed by atoms with van der Waals surface area (Å²) in [5.41, 5.74) is 1.39. The van der Waals surface area contributed by atoms with E-state index in [9.17, 15) is 0 Å². The minimum atomic E-state index is 0.684. The Bertz CT molecular complexity index is 243. The van der Waals surface area contributed by atoms with Gasteiger partial charge in [0, 0.05) is 30.7 Å². The summed E-state index contributed by atoms with van der Waals surface area (Å²) in [6.07, 6.45) is 11.7. The van der Waals surface area contributed by atoms with Crippen LogP contribution < -0.4 is 10.6 Å². The van der Waals surface area contributed by atoms with Gasteiger partial charge >= 0.3 is 0 Å². The molecule has 0 bridgehead atoms. The zero-order valence-electron chi connectivity index (χ0n) is 8.92. The molecule has 1 saturated heterocycles. The molecule has 0 aliphatic carbocycles. The lowest BCUT2D eigenvalue weighted by molar-refractivity contribution is 0.330. The molecule has 0 aromatic carbocycles. The van der Waals surface area contributed by atoms with Gasteiger partial charge in [0.15, 0.2) is 0 Å². The molecular formula is C12H20N2. The van der Waals surface area contributed by atoms with Gasteiger partial charge in [0.2, 0.25) is 0 Å². The van der Waals surface area contributed by atoms with Gasteiger partial charge in [-0.05, 0) is 25.8 Å². The monoisotopic (exact) mass is 192 g/mol. The number of hydrogen-bond donors (Lipinski definition) is 2. The minimum Gasteiger partial charge on any atom is -0.385 e. The van der Waals surface area contributed by atoms with Crippen LogP contribution >= 0.6 is 0 Å². The molecule has 2 nitrogen and oxygen atoms in total. The molecule has 2 rings (SSSR count). The first kappa shape index (κ1) is 9.78. The van der Waals surface area contributed by atoms with Gasteiger partial charge in [-0.2, -0.15) is 0 Å². The number of nitrogens with one attached hydrogen (secondary N) is 2. The molecule has 78 valence electrons. The molecule has 2 N–H and O–H groups in total. The molecule has 2 atom stereocenters. The van der Waals surface area contributed by atoms with E-state index in [1.807, 2.05) is 0 Å². The quantitative estimate of drug-likeness (QED) is 0.699. The Hall–Kier alpha value is -0.760. The molecule has 14 heavy (non-hydrogen) atoms. The predicted molar refractivity (Wildman–Crippen MR) is 60.1 cm³/mol. The first-order valence-electron chi connectivity index (χ1n) is 5.70. The summed E-state index contributed by atoms with van der Waals surface area (Å²) in [5, 5.41) is 7.07. The molecule has 0 spiro atoms. The van der Waals surface area contributed by atoms with E-state index in [1.54, 1.807) is 0 Å². The van der Waals surface area contributed by atoms with Gasteiger partial charge in [-0.15, -0.1) is 0 Å². The van der Waals surface area contributed by atoms with Crippen LogP contribution in [0.2, 0.25) is 0 Å². The van der Waals surface area contributed by atoms with Crippen LogP contribution in [-0.2, 0) is 0 Å². The third-order valence-electron chi connectivity index (χ3n) is 3.06. The van der Waals surface area contributed by atoms with Crippen LogP contribution in [0.5, 0.6) is 0 Å². The van der Waals surface area contributed by atoms with Crippen LogP contribution in [0.4, 0.5) is 0 Å². The second kappa shape index (κ2) is 4.65. The van der Waals surface area contributed by atoms with Crippen molar-refractivity contribution in [2.24, 2.45) is 0 Å². The van der Waals surface area contributed by atoms with Crippen LogP contribution in [-0.4, -0.2) is 18.6 Å². The molecule has 2 aliphatic rings. The smallest absolute Gasteiger partial charge is 0.0330 e. The van der Waals surface area contributed by atoms with Crippen molar-refractivity contribution in [2.75, 3.05) is 6.54 Å². The lowest BCUT2D eigenvalue weighted by Crippen LogP contribution is -2.41. The van der Waals surface area contributed by atoms with Crippen molar-refractivity contribution < 1.29 is 0 Å². The summed E-state index contributed by atoms with van der Waals surface area (Å²) in [6, 6.07) is 1.39. The standard InChI is InChI=1S/C12H20N2/c1-10-5-4-7-12(14-10)9-11-6-2-3-8-13-11/h2-3,6,10,12-14H,4-5,7-9H2,1H3. The molecule has 2 unspecified atom stereocenters. The molecule has 2 heterocycles. The van der Waals surface area contributed by atoms with E-state index in [1.165, 1.54) is 25.0 Å². The molecule has 0 aromatic heterocycles. The van der Waals surface area contributed by atoms with Crippen molar-refractivity contribution in [3.8, 4) is 0 Å². The van der Waals surface area contributed by atoms with Gasteiger partial charge in [-0.1, -0.05) is 18.6 Å². The Morgan fingerprint density at radius 1 is 1.43 bits per heavy atom. The van der Waals surface area contributed by atoms with Crippen LogP contribution in [0.25, 0.3) is 0 Å². The van der Waals surface area contributed by atoms with Crippen molar-refractivity contribution in [2.45, 2.75) is 44.7 Å². The number of allylic oxidation sites excluding steroid dienone is 2. The Kier molecular flexibility index (Phi) is 3.25. The fourth-order valence-corrected chi connectivity index (χ4v) is 2.31. The van der Waals surface area contributed by atoms with Crippen molar-refractivity contribution in [3.05, 3.63) is 23.9 Å².